The first-order valence-corrected chi connectivity index (χ1v) is 11.6. The number of aromatic nitrogens is 4. The summed E-state index contributed by atoms with van der Waals surface area (Å²) in [5, 5.41) is 11.9. The number of fused-ring (bicyclic) bond motifs is 3. The zero-order chi connectivity index (χ0) is 22.4. The van der Waals surface area contributed by atoms with Gasteiger partial charge < -0.3 is 9.80 Å². The monoisotopic (exact) mass is 458 g/mol. The van der Waals surface area contributed by atoms with Crippen LogP contribution in [-0.2, 0) is 0 Å². The van der Waals surface area contributed by atoms with Crippen LogP contribution in [0.15, 0.2) is 66.0 Å². The van der Waals surface area contributed by atoms with Crippen molar-refractivity contribution in [1.82, 2.24) is 24.5 Å². The molecule has 0 bridgehead atoms. The van der Waals surface area contributed by atoms with E-state index in [1.54, 1.807) is 28.4 Å². The lowest BCUT2D eigenvalue weighted by Gasteiger charge is -2.35. The van der Waals surface area contributed by atoms with Crippen LogP contribution in [0.3, 0.4) is 0 Å². The molecule has 1 amide bonds. The SMILES string of the molecule is O=C(c1ccccc1F)N1CCN(c2nc3ccccc3c3nnc(-c4cccs4)n23)CC1. The molecular formula is C24H19FN6OS. The van der Waals surface area contributed by atoms with Gasteiger partial charge in [-0.2, -0.15) is 0 Å². The molecule has 6 rings (SSSR count). The lowest BCUT2D eigenvalue weighted by atomic mass is 10.1. The Kier molecular flexibility index (Phi) is 4.76. The molecule has 0 atom stereocenters. The summed E-state index contributed by atoms with van der Waals surface area (Å²) in [4.78, 5) is 22.7. The van der Waals surface area contributed by atoms with Crippen LogP contribution >= 0.6 is 11.3 Å². The third-order valence-electron chi connectivity index (χ3n) is 5.92. The number of piperazine rings is 1. The van der Waals surface area contributed by atoms with E-state index in [0.29, 0.717) is 26.2 Å². The summed E-state index contributed by atoms with van der Waals surface area (Å²) in [6.45, 7) is 2.09. The van der Waals surface area contributed by atoms with Crippen molar-refractivity contribution in [2.45, 2.75) is 0 Å². The normalized spacial score (nSPS) is 14.3. The van der Waals surface area contributed by atoms with Gasteiger partial charge in [0.25, 0.3) is 5.91 Å². The molecule has 2 aromatic carbocycles. The highest BCUT2D eigenvalue weighted by molar-refractivity contribution is 7.13. The van der Waals surface area contributed by atoms with Gasteiger partial charge >= 0.3 is 0 Å². The van der Waals surface area contributed by atoms with Gasteiger partial charge in [0.05, 0.1) is 16.0 Å². The Hall–Kier alpha value is -3.85. The summed E-state index contributed by atoms with van der Waals surface area (Å²) < 4.78 is 16.1. The molecule has 7 nitrogen and oxygen atoms in total. The molecule has 164 valence electrons. The molecule has 1 aliphatic rings. The first-order chi connectivity index (χ1) is 16.2. The van der Waals surface area contributed by atoms with Gasteiger partial charge in [-0.05, 0) is 35.7 Å². The van der Waals surface area contributed by atoms with Gasteiger partial charge in [-0.3, -0.25) is 4.79 Å². The molecule has 3 aromatic heterocycles. The minimum atomic E-state index is -0.493. The van der Waals surface area contributed by atoms with Crippen molar-refractivity contribution in [2.75, 3.05) is 31.1 Å². The maximum atomic E-state index is 14.1. The minimum absolute atomic E-state index is 0.107. The number of carbonyl (C=O) groups is 1. The molecular weight excluding hydrogens is 439 g/mol. The molecule has 0 aliphatic carbocycles. The van der Waals surface area contributed by atoms with Crippen molar-refractivity contribution < 1.29 is 9.18 Å². The highest BCUT2D eigenvalue weighted by Gasteiger charge is 2.27. The largest absolute Gasteiger partial charge is 0.338 e. The van der Waals surface area contributed by atoms with Gasteiger partial charge in [-0.25, -0.2) is 13.8 Å². The Bertz CT molecular complexity index is 1470. The minimum Gasteiger partial charge on any atom is -0.338 e. The average molecular weight is 459 g/mol. The molecule has 4 heterocycles. The molecule has 33 heavy (non-hydrogen) atoms. The summed E-state index contributed by atoms with van der Waals surface area (Å²) >= 11 is 1.60. The van der Waals surface area contributed by atoms with Crippen LogP contribution in [0.2, 0.25) is 0 Å². The highest BCUT2D eigenvalue weighted by Crippen LogP contribution is 2.30. The van der Waals surface area contributed by atoms with E-state index in [0.717, 1.165) is 33.2 Å². The molecule has 1 aliphatic heterocycles. The van der Waals surface area contributed by atoms with Crippen LogP contribution in [-0.4, -0.2) is 56.6 Å². The highest BCUT2D eigenvalue weighted by atomic mass is 32.1. The number of halogens is 1. The van der Waals surface area contributed by atoms with Crippen LogP contribution in [0, 0.1) is 5.82 Å². The number of hydrogen-bond acceptors (Lipinski definition) is 6. The third kappa shape index (κ3) is 3.32. The van der Waals surface area contributed by atoms with Gasteiger partial charge in [-0.1, -0.05) is 30.3 Å². The van der Waals surface area contributed by atoms with E-state index in [-0.39, 0.29) is 11.5 Å². The van der Waals surface area contributed by atoms with Crippen molar-refractivity contribution in [3.8, 4) is 10.7 Å². The number of para-hydroxylation sites is 1. The summed E-state index contributed by atoms with van der Waals surface area (Å²) in [5.41, 5.74) is 1.70. The van der Waals surface area contributed by atoms with Crippen LogP contribution in [0.1, 0.15) is 10.4 Å². The standard InChI is InChI=1S/C24H19FN6OS/c25-18-8-3-1-6-16(18)23(32)29-11-13-30(14-12-29)24-26-19-9-4-2-7-17(19)21-27-28-22(31(21)24)20-10-5-15-33-20/h1-10,15H,11-14H2. The van der Waals surface area contributed by atoms with Crippen molar-refractivity contribution in [2.24, 2.45) is 0 Å². The fraction of sp³-hybridized carbons (Fsp3) is 0.167. The summed E-state index contributed by atoms with van der Waals surface area (Å²) in [7, 11) is 0. The number of thiophene rings is 1. The van der Waals surface area contributed by atoms with Crippen LogP contribution in [0.25, 0.3) is 27.3 Å². The topological polar surface area (TPSA) is 66.6 Å². The second-order valence-corrected chi connectivity index (χ2v) is 8.80. The quantitative estimate of drug-likeness (QED) is 0.407. The summed E-state index contributed by atoms with van der Waals surface area (Å²) in [5.74, 6) is 0.717. The summed E-state index contributed by atoms with van der Waals surface area (Å²) in [6.07, 6.45) is 0. The van der Waals surface area contributed by atoms with E-state index in [1.807, 2.05) is 46.2 Å². The maximum absolute atomic E-state index is 14.1. The number of carbonyl (C=O) groups excluding carboxylic acids is 1. The van der Waals surface area contributed by atoms with Crippen molar-refractivity contribution >= 4 is 39.7 Å². The molecule has 0 saturated carbocycles. The third-order valence-corrected chi connectivity index (χ3v) is 6.79. The number of amides is 1. The summed E-state index contributed by atoms with van der Waals surface area (Å²) in [6, 6.07) is 18.0. The van der Waals surface area contributed by atoms with Crippen molar-refractivity contribution in [3.63, 3.8) is 0 Å². The van der Waals surface area contributed by atoms with Crippen LogP contribution in [0.4, 0.5) is 10.3 Å². The molecule has 0 unspecified atom stereocenters. The van der Waals surface area contributed by atoms with Crippen LogP contribution in [0.5, 0.6) is 0 Å². The Labute approximate surface area is 192 Å². The molecule has 9 heteroatoms. The number of hydrogen-bond donors (Lipinski definition) is 0. The van der Waals surface area contributed by atoms with E-state index < -0.39 is 5.82 Å². The molecule has 1 fully saturated rings. The smallest absolute Gasteiger partial charge is 0.256 e. The number of anilines is 1. The van der Waals surface area contributed by atoms with E-state index in [9.17, 15) is 9.18 Å². The maximum Gasteiger partial charge on any atom is 0.256 e. The number of rotatable bonds is 3. The molecule has 0 N–H and O–H groups in total. The zero-order valence-corrected chi connectivity index (χ0v) is 18.4. The molecule has 0 radical (unpaired) electrons. The van der Waals surface area contributed by atoms with Crippen LogP contribution < -0.4 is 4.90 Å². The van der Waals surface area contributed by atoms with E-state index >= 15 is 0 Å². The lowest BCUT2D eigenvalue weighted by Crippen LogP contribution is -2.49. The van der Waals surface area contributed by atoms with E-state index in [1.165, 1.54) is 12.1 Å². The zero-order valence-electron chi connectivity index (χ0n) is 17.6. The Balaban J connectivity index is 1.37. The first kappa shape index (κ1) is 19.8. The lowest BCUT2D eigenvalue weighted by molar-refractivity contribution is 0.0741. The van der Waals surface area contributed by atoms with Crippen molar-refractivity contribution in [1.29, 1.82) is 0 Å². The van der Waals surface area contributed by atoms with Gasteiger partial charge in [0.1, 0.15) is 5.82 Å². The first-order valence-electron chi connectivity index (χ1n) is 10.7. The predicted molar refractivity (Wildman–Crippen MR) is 126 cm³/mol. The molecule has 5 aromatic rings. The van der Waals surface area contributed by atoms with Gasteiger partial charge in [0, 0.05) is 31.6 Å². The second-order valence-electron chi connectivity index (χ2n) is 7.85. The number of nitrogens with zero attached hydrogens (tertiary/aromatic N) is 6. The Morgan fingerprint density at radius 1 is 0.909 bits per heavy atom. The molecule has 0 spiro atoms. The van der Waals surface area contributed by atoms with Gasteiger partial charge in [-0.15, -0.1) is 21.5 Å². The molecule has 1 saturated heterocycles. The predicted octanol–water partition coefficient (Wildman–Crippen LogP) is 4.11. The fourth-order valence-electron chi connectivity index (χ4n) is 4.26. The Morgan fingerprint density at radius 3 is 2.48 bits per heavy atom. The fourth-order valence-corrected chi connectivity index (χ4v) is 4.96. The van der Waals surface area contributed by atoms with E-state index in [4.69, 9.17) is 4.98 Å². The van der Waals surface area contributed by atoms with Gasteiger partial charge in [0.15, 0.2) is 11.5 Å². The second kappa shape index (κ2) is 7.93. The van der Waals surface area contributed by atoms with Crippen molar-refractivity contribution in [3.05, 3.63) is 77.4 Å². The average Bonchev–Trinajstić information content (AvgIpc) is 3.54. The van der Waals surface area contributed by atoms with E-state index in [2.05, 4.69) is 15.1 Å². The number of benzene rings is 2. The van der Waals surface area contributed by atoms with Gasteiger partial charge in [0.2, 0.25) is 5.95 Å². The Morgan fingerprint density at radius 2 is 1.70 bits per heavy atom.